The molecule has 2 N–H and O–H groups in total. The van der Waals surface area contributed by atoms with Crippen LogP contribution in [0.1, 0.15) is 51.6 Å². The number of amides is 2. The van der Waals surface area contributed by atoms with Crippen molar-refractivity contribution in [2.75, 3.05) is 0 Å². The van der Waals surface area contributed by atoms with Crippen molar-refractivity contribution in [3.8, 4) is 11.3 Å². The summed E-state index contributed by atoms with van der Waals surface area (Å²) in [6.45, 7) is 1.53. The maximum Gasteiger partial charge on any atom is 0.434 e. The molecular weight excluding hydrogens is 573 g/mol. The number of nitrogens with zero attached hydrogens (tertiary/aromatic N) is 4. The van der Waals surface area contributed by atoms with Crippen molar-refractivity contribution < 1.29 is 36.6 Å². The van der Waals surface area contributed by atoms with Crippen LogP contribution in [0.3, 0.4) is 0 Å². The zero-order valence-electron chi connectivity index (χ0n) is 23.0. The molecule has 13 heteroatoms. The Labute approximate surface area is 242 Å². The van der Waals surface area contributed by atoms with Crippen LogP contribution < -0.4 is 10.9 Å². The summed E-state index contributed by atoms with van der Waals surface area (Å²) in [7, 11) is 1.57. The average Bonchev–Trinajstić information content (AvgIpc) is 3.73. The van der Waals surface area contributed by atoms with Gasteiger partial charge in [0, 0.05) is 25.0 Å². The number of aromatic nitrogens is 3. The van der Waals surface area contributed by atoms with Gasteiger partial charge in [0.15, 0.2) is 0 Å². The number of aryl methyl sites for hydroxylation is 2. The lowest BCUT2D eigenvalue weighted by atomic mass is 9.99. The fourth-order valence-corrected chi connectivity index (χ4v) is 4.95. The van der Waals surface area contributed by atoms with E-state index in [1.807, 2.05) is 0 Å². The van der Waals surface area contributed by atoms with Gasteiger partial charge in [-0.3, -0.25) is 4.79 Å². The highest BCUT2D eigenvalue weighted by atomic mass is 19.4. The Kier molecular flexibility index (Phi) is 7.91. The van der Waals surface area contributed by atoms with Crippen LogP contribution in [0, 0.1) is 24.5 Å². The number of imidazole rings is 1. The maximum atomic E-state index is 13.9. The van der Waals surface area contributed by atoms with E-state index in [9.17, 15) is 36.6 Å². The number of halogens is 5. The first-order valence-corrected chi connectivity index (χ1v) is 13.2. The second kappa shape index (κ2) is 11.5. The SMILES string of the molecule is Cc1cc(C(NC(=O)c2cc(Cn3ccn(C)c3=NC(=O)O)cc(-c3ccc(F)cc3C(F)(F)F)n2)C2CC2)ccc1F. The molecule has 8 nitrogen and oxygen atoms in total. The number of carbonyl (C=O) groups excluding carboxylic acids is 1. The lowest BCUT2D eigenvalue weighted by molar-refractivity contribution is -0.137. The molecule has 0 radical (unpaired) electrons. The van der Waals surface area contributed by atoms with E-state index >= 15 is 0 Å². The van der Waals surface area contributed by atoms with Crippen molar-refractivity contribution in [2.24, 2.45) is 18.0 Å². The minimum Gasteiger partial charge on any atom is -0.463 e. The summed E-state index contributed by atoms with van der Waals surface area (Å²) in [5.41, 5.74) is -0.712. The smallest absolute Gasteiger partial charge is 0.434 e. The van der Waals surface area contributed by atoms with Gasteiger partial charge in [0.2, 0.25) is 5.62 Å². The standard InChI is InChI=1S/C30H26F5N5O3/c1-16-11-19(5-8-23(16)32)26(18-3-4-18)37-27(41)25-13-17(15-40-10-9-39(2)28(40)38-29(42)43)12-24(36-25)21-7-6-20(31)14-22(21)30(33,34)35/h5-14,18,26H,3-4,15H2,1-2H3,(H,37,41)(H,42,43). The second-order valence-electron chi connectivity index (χ2n) is 10.5. The molecule has 2 heterocycles. The Morgan fingerprint density at radius 1 is 1.09 bits per heavy atom. The molecule has 1 unspecified atom stereocenters. The van der Waals surface area contributed by atoms with Gasteiger partial charge in [-0.15, -0.1) is 4.99 Å². The number of benzene rings is 2. The van der Waals surface area contributed by atoms with Crippen LogP contribution in [0.15, 0.2) is 65.9 Å². The molecule has 5 rings (SSSR count). The summed E-state index contributed by atoms with van der Waals surface area (Å²) in [5.74, 6) is -2.07. The van der Waals surface area contributed by atoms with E-state index in [2.05, 4.69) is 15.3 Å². The number of carbonyl (C=O) groups is 2. The number of carboxylic acid groups (broad SMARTS) is 1. The van der Waals surface area contributed by atoms with E-state index in [0.29, 0.717) is 22.8 Å². The summed E-state index contributed by atoms with van der Waals surface area (Å²) in [5, 5.41) is 12.1. The van der Waals surface area contributed by atoms with E-state index in [-0.39, 0.29) is 29.5 Å². The van der Waals surface area contributed by atoms with Gasteiger partial charge in [0.25, 0.3) is 5.91 Å². The molecule has 224 valence electrons. The molecule has 1 atom stereocenters. The summed E-state index contributed by atoms with van der Waals surface area (Å²) in [6.07, 6.45) is -1.65. The minimum absolute atomic E-state index is 0.0371. The van der Waals surface area contributed by atoms with Crippen molar-refractivity contribution in [3.63, 3.8) is 0 Å². The summed E-state index contributed by atoms with van der Waals surface area (Å²) < 4.78 is 72.5. The molecule has 4 aromatic rings. The molecule has 1 aliphatic rings. The number of hydrogen-bond donors (Lipinski definition) is 2. The van der Waals surface area contributed by atoms with Gasteiger partial charge >= 0.3 is 12.3 Å². The molecule has 2 aromatic carbocycles. The normalized spacial score (nSPS) is 14.5. The van der Waals surface area contributed by atoms with Gasteiger partial charge in [-0.1, -0.05) is 12.1 Å². The van der Waals surface area contributed by atoms with Gasteiger partial charge in [-0.2, -0.15) is 13.2 Å². The molecule has 43 heavy (non-hydrogen) atoms. The quantitative estimate of drug-likeness (QED) is 0.255. The van der Waals surface area contributed by atoms with Gasteiger partial charge in [0.05, 0.1) is 23.8 Å². The maximum absolute atomic E-state index is 13.9. The van der Waals surface area contributed by atoms with Crippen molar-refractivity contribution in [1.29, 1.82) is 0 Å². The predicted octanol–water partition coefficient (Wildman–Crippen LogP) is 6.00. The Bertz CT molecular complexity index is 1790. The third-order valence-electron chi connectivity index (χ3n) is 7.19. The molecule has 1 fully saturated rings. The number of nitrogens with one attached hydrogen (secondary N) is 1. The Balaban J connectivity index is 1.60. The van der Waals surface area contributed by atoms with Crippen LogP contribution in [0.2, 0.25) is 0 Å². The van der Waals surface area contributed by atoms with Crippen molar-refractivity contribution >= 4 is 12.0 Å². The molecule has 1 aliphatic carbocycles. The van der Waals surface area contributed by atoms with Crippen LogP contribution >= 0.6 is 0 Å². The zero-order valence-corrected chi connectivity index (χ0v) is 23.0. The number of pyridine rings is 1. The number of rotatable bonds is 7. The molecule has 0 aliphatic heterocycles. The lowest BCUT2D eigenvalue weighted by Gasteiger charge is -2.20. The van der Waals surface area contributed by atoms with Crippen molar-refractivity contribution in [2.45, 2.75) is 38.5 Å². The van der Waals surface area contributed by atoms with Gasteiger partial charge < -0.3 is 19.6 Å². The van der Waals surface area contributed by atoms with Gasteiger partial charge in [-0.05, 0) is 78.8 Å². The van der Waals surface area contributed by atoms with Gasteiger partial charge in [-0.25, -0.2) is 18.6 Å². The van der Waals surface area contributed by atoms with E-state index in [4.69, 9.17) is 0 Å². The number of hydrogen-bond acceptors (Lipinski definition) is 3. The van der Waals surface area contributed by atoms with Crippen LogP contribution in [-0.2, 0) is 19.8 Å². The molecule has 0 bridgehead atoms. The van der Waals surface area contributed by atoms with Gasteiger partial charge in [0.1, 0.15) is 17.3 Å². The van der Waals surface area contributed by atoms with E-state index < -0.39 is 47.0 Å². The predicted molar refractivity (Wildman–Crippen MR) is 145 cm³/mol. The Morgan fingerprint density at radius 3 is 2.49 bits per heavy atom. The first kappa shape index (κ1) is 29.7. The summed E-state index contributed by atoms with van der Waals surface area (Å²) in [6, 6.07) is 8.94. The van der Waals surface area contributed by atoms with Crippen LogP contribution in [-0.4, -0.2) is 31.2 Å². The first-order valence-electron chi connectivity index (χ1n) is 13.2. The molecular formula is C30H26F5N5O3. The zero-order chi connectivity index (χ0) is 31.1. The fourth-order valence-electron chi connectivity index (χ4n) is 4.95. The van der Waals surface area contributed by atoms with Crippen LogP contribution in [0.4, 0.5) is 26.7 Å². The fraction of sp³-hybridized carbons (Fsp3) is 0.267. The summed E-state index contributed by atoms with van der Waals surface area (Å²) in [4.78, 5) is 32.7. The topological polar surface area (TPSA) is 102 Å². The van der Waals surface area contributed by atoms with Crippen LogP contribution in [0.25, 0.3) is 11.3 Å². The Morgan fingerprint density at radius 2 is 1.84 bits per heavy atom. The molecule has 2 aromatic heterocycles. The van der Waals surface area contributed by atoms with E-state index in [1.165, 1.54) is 33.5 Å². The molecule has 2 amide bonds. The molecule has 0 saturated heterocycles. The highest BCUT2D eigenvalue weighted by Gasteiger charge is 2.36. The molecule has 1 saturated carbocycles. The van der Waals surface area contributed by atoms with Crippen molar-refractivity contribution in [1.82, 2.24) is 19.4 Å². The second-order valence-corrected chi connectivity index (χ2v) is 10.5. The highest BCUT2D eigenvalue weighted by Crippen LogP contribution is 2.42. The third-order valence-corrected chi connectivity index (χ3v) is 7.19. The van der Waals surface area contributed by atoms with Crippen LogP contribution in [0.5, 0.6) is 0 Å². The average molecular weight is 600 g/mol. The van der Waals surface area contributed by atoms with E-state index in [0.717, 1.165) is 25.0 Å². The third kappa shape index (κ3) is 6.65. The first-order chi connectivity index (χ1) is 20.3. The largest absolute Gasteiger partial charge is 0.463 e. The molecule has 0 spiro atoms. The highest BCUT2D eigenvalue weighted by molar-refractivity contribution is 5.93. The van der Waals surface area contributed by atoms with Crippen molar-refractivity contribution in [3.05, 3.63) is 106 Å². The van der Waals surface area contributed by atoms with E-state index in [1.54, 1.807) is 32.3 Å². The minimum atomic E-state index is -4.92. The Hall–Kier alpha value is -4.81. The summed E-state index contributed by atoms with van der Waals surface area (Å²) >= 11 is 0. The monoisotopic (exact) mass is 599 g/mol. The number of alkyl halides is 3. The lowest BCUT2D eigenvalue weighted by Crippen LogP contribution is -2.31.